The van der Waals surface area contributed by atoms with E-state index in [9.17, 15) is 4.79 Å². The molecule has 2 rings (SSSR count). The highest BCUT2D eigenvalue weighted by Gasteiger charge is 2.32. The van der Waals surface area contributed by atoms with Gasteiger partial charge in [0, 0.05) is 32.7 Å². The Kier molecular flexibility index (Phi) is 5.64. The molecule has 0 radical (unpaired) electrons. The van der Waals surface area contributed by atoms with Gasteiger partial charge in [-0.3, -0.25) is 4.79 Å². The lowest BCUT2D eigenvalue weighted by molar-refractivity contribution is -0.138. The summed E-state index contributed by atoms with van der Waals surface area (Å²) in [4.78, 5) is 14.5. The van der Waals surface area contributed by atoms with Crippen LogP contribution in [-0.2, 0) is 9.53 Å². The molecule has 0 bridgehead atoms. The van der Waals surface area contributed by atoms with E-state index in [1.165, 1.54) is 12.8 Å². The monoisotopic (exact) mass is 268 g/mol. The maximum absolute atomic E-state index is 12.6. The van der Waals surface area contributed by atoms with Gasteiger partial charge in [-0.2, -0.15) is 0 Å². The summed E-state index contributed by atoms with van der Waals surface area (Å²) in [6.07, 6.45) is 6.73. The van der Waals surface area contributed by atoms with E-state index in [1.54, 1.807) is 0 Å². The number of nitrogens with two attached hydrogens (primary N) is 1. The molecular formula is C15H28N2O2. The van der Waals surface area contributed by atoms with Gasteiger partial charge in [-0.1, -0.05) is 12.8 Å². The second kappa shape index (κ2) is 7.25. The minimum Gasteiger partial charge on any atom is -0.381 e. The average molecular weight is 268 g/mol. The molecular weight excluding hydrogens is 240 g/mol. The van der Waals surface area contributed by atoms with Crippen molar-refractivity contribution in [2.45, 2.75) is 38.5 Å². The van der Waals surface area contributed by atoms with E-state index in [-0.39, 0.29) is 5.92 Å². The highest BCUT2D eigenvalue weighted by Crippen LogP contribution is 2.31. The van der Waals surface area contributed by atoms with Crippen LogP contribution < -0.4 is 5.73 Å². The molecule has 110 valence electrons. The minimum atomic E-state index is 0.170. The second-order valence-electron chi connectivity index (χ2n) is 6.16. The number of amides is 1. The quantitative estimate of drug-likeness (QED) is 0.843. The van der Waals surface area contributed by atoms with Crippen molar-refractivity contribution in [1.29, 1.82) is 0 Å². The Balaban J connectivity index is 1.86. The highest BCUT2D eigenvalue weighted by molar-refractivity contribution is 5.79. The van der Waals surface area contributed by atoms with E-state index in [0.717, 1.165) is 45.4 Å². The number of nitrogens with zero attached hydrogens (tertiary/aromatic N) is 1. The van der Waals surface area contributed by atoms with Crippen LogP contribution in [0.2, 0.25) is 0 Å². The fourth-order valence-corrected chi connectivity index (χ4v) is 3.50. The summed E-state index contributed by atoms with van der Waals surface area (Å²) >= 11 is 0. The predicted molar refractivity (Wildman–Crippen MR) is 75.7 cm³/mol. The van der Waals surface area contributed by atoms with Crippen LogP contribution in [0.3, 0.4) is 0 Å². The van der Waals surface area contributed by atoms with E-state index < -0.39 is 0 Å². The van der Waals surface area contributed by atoms with Gasteiger partial charge < -0.3 is 15.4 Å². The predicted octanol–water partition coefficient (Wildman–Crippen LogP) is 1.64. The summed E-state index contributed by atoms with van der Waals surface area (Å²) in [5.41, 5.74) is 5.83. The molecule has 2 unspecified atom stereocenters. The Labute approximate surface area is 116 Å². The van der Waals surface area contributed by atoms with Gasteiger partial charge in [0.05, 0.1) is 0 Å². The van der Waals surface area contributed by atoms with Gasteiger partial charge in [0.25, 0.3) is 0 Å². The van der Waals surface area contributed by atoms with Gasteiger partial charge in [0.2, 0.25) is 5.91 Å². The van der Waals surface area contributed by atoms with Gasteiger partial charge in [0.1, 0.15) is 0 Å². The van der Waals surface area contributed by atoms with Gasteiger partial charge in [-0.05, 0) is 44.1 Å². The van der Waals surface area contributed by atoms with Crippen molar-refractivity contribution in [3.63, 3.8) is 0 Å². The number of rotatable bonds is 4. The molecule has 0 aromatic rings. The fraction of sp³-hybridized carbons (Fsp3) is 0.933. The lowest BCUT2D eigenvalue weighted by atomic mass is 9.78. The molecule has 2 N–H and O–H groups in total. The largest absolute Gasteiger partial charge is 0.381 e. The Bertz CT molecular complexity index is 290. The van der Waals surface area contributed by atoms with Crippen LogP contribution >= 0.6 is 0 Å². The first-order valence-electron chi connectivity index (χ1n) is 7.75. The number of carbonyl (C=O) groups excluding carboxylic acids is 1. The van der Waals surface area contributed by atoms with Crippen molar-refractivity contribution < 1.29 is 9.53 Å². The molecule has 4 heteroatoms. The van der Waals surface area contributed by atoms with Crippen molar-refractivity contribution in [1.82, 2.24) is 4.90 Å². The molecule has 1 aliphatic heterocycles. The van der Waals surface area contributed by atoms with Gasteiger partial charge in [-0.25, -0.2) is 0 Å². The first-order chi connectivity index (χ1) is 9.22. The normalized spacial score (nSPS) is 29.2. The SMILES string of the molecule is CN(CC1CCOCC1)C(=O)C1CCCCC1CN. The van der Waals surface area contributed by atoms with Crippen LogP contribution in [0.15, 0.2) is 0 Å². The van der Waals surface area contributed by atoms with Crippen LogP contribution in [0, 0.1) is 17.8 Å². The van der Waals surface area contributed by atoms with Crippen LogP contribution in [0.1, 0.15) is 38.5 Å². The summed E-state index contributed by atoms with van der Waals surface area (Å²) in [5.74, 6) is 1.51. The molecule has 1 heterocycles. The Hall–Kier alpha value is -0.610. The molecule has 2 aliphatic rings. The molecule has 0 aromatic heterocycles. The van der Waals surface area contributed by atoms with Gasteiger partial charge in [0.15, 0.2) is 0 Å². The van der Waals surface area contributed by atoms with Crippen molar-refractivity contribution in [3.8, 4) is 0 Å². The minimum absolute atomic E-state index is 0.170. The van der Waals surface area contributed by atoms with Crippen molar-refractivity contribution in [3.05, 3.63) is 0 Å². The number of hydrogen-bond donors (Lipinski definition) is 1. The Morgan fingerprint density at radius 2 is 1.89 bits per heavy atom. The zero-order valence-electron chi connectivity index (χ0n) is 12.1. The molecule has 19 heavy (non-hydrogen) atoms. The maximum Gasteiger partial charge on any atom is 0.225 e. The number of hydrogen-bond acceptors (Lipinski definition) is 3. The highest BCUT2D eigenvalue weighted by atomic mass is 16.5. The van der Waals surface area contributed by atoms with E-state index >= 15 is 0 Å². The smallest absolute Gasteiger partial charge is 0.225 e. The zero-order chi connectivity index (χ0) is 13.7. The number of carbonyl (C=O) groups is 1. The Morgan fingerprint density at radius 1 is 1.21 bits per heavy atom. The van der Waals surface area contributed by atoms with E-state index in [0.29, 0.717) is 24.3 Å². The van der Waals surface area contributed by atoms with Crippen LogP contribution in [0.4, 0.5) is 0 Å². The summed E-state index contributed by atoms with van der Waals surface area (Å²) in [6, 6.07) is 0. The second-order valence-corrected chi connectivity index (χ2v) is 6.16. The molecule has 1 saturated heterocycles. The molecule has 0 spiro atoms. The average Bonchev–Trinajstić information content (AvgIpc) is 2.47. The fourth-order valence-electron chi connectivity index (χ4n) is 3.50. The van der Waals surface area contributed by atoms with Crippen LogP contribution in [0.5, 0.6) is 0 Å². The molecule has 4 nitrogen and oxygen atoms in total. The van der Waals surface area contributed by atoms with Crippen LogP contribution in [-0.4, -0.2) is 44.2 Å². The lowest BCUT2D eigenvalue weighted by Crippen LogP contribution is -2.42. The molecule has 0 aromatic carbocycles. The van der Waals surface area contributed by atoms with Crippen LogP contribution in [0.25, 0.3) is 0 Å². The number of ether oxygens (including phenoxy) is 1. The molecule has 1 saturated carbocycles. The first-order valence-corrected chi connectivity index (χ1v) is 7.75. The summed E-state index contributed by atoms with van der Waals surface area (Å²) in [6.45, 7) is 3.24. The lowest BCUT2D eigenvalue weighted by Gasteiger charge is -2.34. The standard InChI is InChI=1S/C15H28N2O2/c1-17(11-12-6-8-19-9-7-12)15(18)14-5-3-2-4-13(14)10-16/h12-14H,2-11,16H2,1H3. The molecule has 1 aliphatic carbocycles. The zero-order valence-corrected chi connectivity index (χ0v) is 12.1. The van der Waals surface area contributed by atoms with E-state index in [1.807, 2.05) is 11.9 Å². The topological polar surface area (TPSA) is 55.6 Å². The van der Waals surface area contributed by atoms with Gasteiger partial charge in [-0.15, -0.1) is 0 Å². The summed E-state index contributed by atoms with van der Waals surface area (Å²) in [5, 5.41) is 0. The van der Waals surface area contributed by atoms with Crippen molar-refractivity contribution in [2.24, 2.45) is 23.5 Å². The first kappa shape index (κ1) is 14.8. The van der Waals surface area contributed by atoms with Crippen molar-refractivity contribution >= 4 is 5.91 Å². The molecule has 2 fully saturated rings. The third kappa shape index (κ3) is 3.93. The summed E-state index contributed by atoms with van der Waals surface area (Å²) in [7, 11) is 1.96. The third-order valence-electron chi connectivity index (χ3n) is 4.78. The summed E-state index contributed by atoms with van der Waals surface area (Å²) < 4.78 is 5.37. The molecule has 1 amide bonds. The van der Waals surface area contributed by atoms with E-state index in [4.69, 9.17) is 10.5 Å². The van der Waals surface area contributed by atoms with Gasteiger partial charge >= 0.3 is 0 Å². The van der Waals surface area contributed by atoms with Crippen molar-refractivity contribution in [2.75, 3.05) is 33.4 Å². The maximum atomic E-state index is 12.6. The van der Waals surface area contributed by atoms with E-state index in [2.05, 4.69) is 0 Å². The third-order valence-corrected chi connectivity index (χ3v) is 4.78. The molecule has 2 atom stereocenters. The Morgan fingerprint density at radius 3 is 2.58 bits per heavy atom.